The quantitative estimate of drug-likeness (QED) is 0.551. The second-order valence-corrected chi connectivity index (χ2v) is 7.51. The summed E-state index contributed by atoms with van der Waals surface area (Å²) >= 11 is 0. The first-order valence-electron chi connectivity index (χ1n) is 9.72. The molecule has 2 aromatic heterocycles. The Morgan fingerprint density at radius 3 is 3.13 bits per heavy atom. The molecule has 3 heterocycles. The normalized spacial score (nSPS) is 24.3. The smallest absolute Gasteiger partial charge is 0.275 e. The van der Waals surface area contributed by atoms with Crippen molar-refractivity contribution in [1.82, 2.24) is 25.1 Å². The third-order valence-corrected chi connectivity index (χ3v) is 5.34. The Labute approximate surface area is 172 Å². The number of allylic oxidation sites excluding steroid dienone is 2. The number of carbonyl (C=O) groups is 1. The number of nitrogens with zero attached hydrogens (tertiary/aromatic N) is 4. The molecule has 30 heavy (non-hydrogen) atoms. The van der Waals surface area contributed by atoms with Crippen LogP contribution in [0.15, 0.2) is 29.9 Å². The number of aliphatic hydroxyl groups excluding tert-OH is 1. The van der Waals surface area contributed by atoms with E-state index in [0.29, 0.717) is 41.9 Å². The summed E-state index contributed by atoms with van der Waals surface area (Å²) in [6, 6.07) is -0.612. The maximum Gasteiger partial charge on any atom is 0.275 e. The van der Waals surface area contributed by atoms with Crippen molar-refractivity contribution in [2.45, 2.75) is 31.0 Å². The first-order valence-corrected chi connectivity index (χ1v) is 9.72. The maximum absolute atomic E-state index is 13.6. The van der Waals surface area contributed by atoms with Crippen LogP contribution in [0.4, 0.5) is 10.2 Å². The number of hydrogen-bond donors (Lipinski definition) is 4. The molecule has 10 nitrogen and oxygen atoms in total. The zero-order chi connectivity index (χ0) is 21.3. The highest BCUT2D eigenvalue weighted by atomic mass is 19.1. The topological polar surface area (TPSA) is 142 Å². The van der Waals surface area contributed by atoms with Gasteiger partial charge >= 0.3 is 0 Å². The van der Waals surface area contributed by atoms with Gasteiger partial charge in [-0.1, -0.05) is 0 Å². The fourth-order valence-electron chi connectivity index (χ4n) is 3.61. The van der Waals surface area contributed by atoms with Crippen LogP contribution in [0, 0.1) is 0 Å². The minimum Gasteiger partial charge on any atom is -0.389 e. The predicted molar refractivity (Wildman–Crippen MR) is 107 cm³/mol. The molecule has 0 radical (unpaired) electrons. The van der Waals surface area contributed by atoms with Crippen molar-refractivity contribution < 1.29 is 19.0 Å². The largest absolute Gasteiger partial charge is 0.389 e. The zero-order valence-electron chi connectivity index (χ0n) is 16.5. The number of aromatic nitrogens is 4. The summed E-state index contributed by atoms with van der Waals surface area (Å²) in [4.78, 5) is 22.9. The molecule has 160 valence electrons. The van der Waals surface area contributed by atoms with E-state index in [1.54, 1.807) is 7.05 Å². The number of H-pyrrole nitrogens is 1. The molecule has 1 fully saturated rings. The summed E-state index contributed by atoms with van der Waals surface area (Å²) < 4.78 is 18.9. The molecule has 11 heteroatoms. The number of nitrogens with one attached hydrogen (secondary N) is 2. The molecule has 5 N–H and O–H groups in total. The van der Waals surface area contributed by atoms with E-state index in [9.17, 15) is 14.3 Å². The molecule has 2 aliphatic rings. The van der Waals surface area contributed by atoms with Crippen LogP contribution < -0.4 is 11.1 Å². The molecule has 1 saturated heterocycles. The van der Waals surface area contributed by atoms with E-state index >= 15 is 0 Å². The lowest BCUT2D eigenvalue weighted by Gasteiger charge is -2.29. The summed E-state index contributed by atoms with van der Waals surface area (Å²) in [5.74, 6) is -0.332. The van der Waals surface area contributed by atoms with Gasteiger partial charge in [0.05, 0.1) is 24.1 Å². The van der Waals surface area contributed by atoms with Crippen molar-refractivity contribution in [3.05, 3.63) is 35.6 Å². The second-order valence-electron chi connectivity index (χ2n) is 7.51. The lowest BCUT2D eigenvalue weighted by atomic mass is 9.98. The Morgan fingerprint density at radius 1 is 1.50 bits per heavy atom. The van der Waals surface area contributed by atoms with E-state index in [4.69, 9.17) is 10.5 Å². The molecule has 3 atom stereocenters. The van der Waals surface area contributed by atoms with Crippen LogP contribution in [0.5, 0.6) is 0 Å². The first kappa shape index (κ1) is 20.4. The van der Waals surface area contributed by atoms with Gasteiger partial charge in [-0.25, -0.2) is 14.4 Å². The van der Waals surface area contributed by atoms with Gasteiger partial charge in [0.2, 0.25) is 0 Å². The van der Waals surface area contributed by atoms with E-state index in [-0.39, 0.29) is 42.7 Å². The van der Waals surface area contributed by atoms with E-state index in [1.807, 2.05) is 0 Å². The van der Waals surface area contributed by atoms with Gasteiger partial charge < -0.3 is 25.8 Å². The molecular formula is C19H24FN7O3. The molecule has 4 rings (SSSR count). The number of hydrogen-bond acceptors (Lipinski definition) is 8. The van der Waals surface area contributed by atoms with Crippen molar-refractivity contribution >= 4 is 22.8 Å². The van der Waals surface area contributed by atoms with Gasteiger partial charge in [-0.3, -0.25) is 9.89 Å². The number of amides is 1. The number of aromatic amines is 1. The number of carbonyl (C=O) groups excluding carboxylic acids is 1. The van der Waals surface area contributed by atoms with E-state index < -0.39 is 6.10 Å². The zero-order valence-corrected chi connectivity index (χ0v) is 16.5. The Morgan fingerprint density at radius 2 is 2.33 bits per heavy atom. The number of halogens is 1. The molecule has 2 aromatic rings. The number of anilines is 1. The van der Waals surface area contributed by atoms with E-state index in [1.165, 1.54) is 23.4 Å². The van der Waals surface area contributed by atoms with Crippen LogP contribution in [-0.2, 0) is 4.74 Å². The number of rotatable bonds is 5. The minimum atomic E-state index is -0.694. The molecule has 1 aliphatic heterocycles. The number of likely N-dealkylation sites (N-methyl/N-ethyl adjacent to an activating group) is 1. The Hall–Kier alpha value is -2.89. The third-order valence-electron chi connectivity index (χ3n) is 5.34. The standard InChI is InChI=1S/C19H24FN7O3/c1-27(7-10-6-11(20)2-3-12(10)21)19(29)16-15-17(22-9-23-18(15)26-25-16)24-13-4-5-30-8-14(13)28/h2,6,9,12-14,28H,3-5,7-8,21H2,1H3,(H2,22,23,24,25,26)/t12?,13-,14-/m1/s1. The summed E-state index contributed by atoms with van der Waals surface area (Å²) in [7, 11) is 1.60. The molecule has 1 aliphatic carbocycles. The van der Waals surface area contributed by atoms with Crippen LogP contribution in [0.3, 0.4) is 0 Å². The average Bonchev–Trinajstić information content (AvgIpc) is 3.17. The molecule has 0 bridgehead atoms. The van der Waals surface area contributed by atoms with Crippen molar-refractivity contribution in [2.75, 3.05) is 32.1 Å². The Bertz CT molecular complexity index is 1010. The van der Waals surface area contributed by atoms with Gasteiger partial charge in [-0.2, -0.15) is 5.10 Å². The third kappa shape index (κ3) is 4.04. The predicted octanol–water partition coefficient (Wildman–Crippen LogP) is 0.497. The van der Waals surface area contributed by atoms with E-state index in [2.05, 4.69) is 25.5 Å². The van der Waals surface area contributed by atoms with Crippen molar-refractivity contribution in [1.29, 1.82) is 0 Å². The Kier molecular flexibility index (Phi) is 5.75. The number of fused-ring (bicyclic) bond motifs is 1. The van der Waals surface area contributed by atoms with Crippen LogP contribution >= 0.6 is 0 Å². The van der Waals surface area contributed by atoms with Gasteiger partial charge in [0.1, 0.15) is 18.0 Å². The fourth-order valence-corrected chi connectivity index (χ4v) is 3.61. The number of ether oxygens (including phenoxy) is 1. The molecule has 1 unspecified atom stereocenters. The summed E-state index contributed by atoms with van der Waals surface area (Å²) in [5.41, 5.74) is 7.20. The van der Waals surface area contributed by atoms with Crippen LogP contribution in [0.2, 0.25) is 0 Å². The highest BCUT2D eigenvalue weighted by molar-refractivity contribution is 6.07. The summed E-state index contributed by atoms with van der Waals surface area (Å²) in [6.45, 7) is 0.917. The van der Waals surface area contributed by atoms with E-state index in [0.717, 1.165) is 0 Å². The van der Waals surface area contributed by atoms with Gasteiger partial charge in [-0.05, 0) is 30.6 Å². The van der Waals surface area contributed by atoms with Gasteiger partial charge in [0.25, 0.3) is 5.91 Å². The molecule has 0 aromatic carbocycles. The van der Waals surface area contributed by atoms with Gasteiger partial charge in [-0.15, -0.1) is 0 Å². The Balaban J connectivity index is 1.59. The van der Waals surface area contributed by atoms with Crippen molar-refractivity contribution in [2.24, 2.45) is 5.73 Å². The fraction of sp³-hybridized carbons (Fsp3) is 0.474. The van der Waals surface area contributed by atoms with Crippen molar-refractivity contribution in [3.63, 3.8) is 0 Å². The van der Waals surface area contributed by atoms with Gasteiger partial charge in [0.15, 0.2) is 11.3 Å². The number of aliphatic hydroxyl groups is 1. The van der Waals surface area contributed by atoms with Gasteiger partial charge in [0, 0.05) is 26.2 Å². The van der Waals surface area contributed by atoms with Crippen LogP contribution in [-0.4, -0.2) is 81.1 Å². The maximum atomic E-state index is 13.6. The highest BCUT2D eigenvalue weighted by Gasteiger charge is 2.28. The minimum absolute atomic E-state index is 0.137. The summed E-state index contributed by atoms with van der Waals surface area (Å²) in [5, 5.41) is 20.7. The van der Waals surface area contributed by atoms with Crippen LogP contribution in [0.1, 0.15) is 23.3 Å². The molecule has 0 saturated carbocycles. The molecule has 0 spiro atoms. The number of nitrogens with two attached hydrogens (primary N) is 1. The monoisotopic (exact) mass is 417 g/mol. The molecular weight excluding hydrogens is 393 g/mol. The lowest BCUT2D eigenvalue weighted by Crippen LogP contribution is -2.42. The van der Waals surface area contributed by atoms with Crippen LogP contribution in [0.25, 0.3) is 11.0 Å². The highest BCUT2D eigenvalue weighted by Crippen LogP contribution is 2.25. The second kappa shape index (κ2) is 8.46. The SMILES string of the molecule is CN(CC1=CC(F)=CCC1N)C(=O)c1n[nH]c2ncnc(N[C@@H]3CCOC[C@H]3O)c12. The molecule has 1 amide bonds. The lowest BCUT2D eigenvalue weighted by molar-refractivity contribution is -0.0135. The van der Waals surface area contributed by atoms with Crippen molar-refractivity contribution in [3.8, 4) is 0 Å². The first-order chi connectivity index (χ1) is 14.4. The average molecular weight is 417 g/mol. The summed E-state index contributed by atoms with van der Waals surface area (Å²) in [6.07, 6.45) is 4.44.